The third-order valence-corrected chi connectivity index (χ3v) is 2.36. The second-order valence-corrected chi connectivity index (χ2v) is 3.87. The van der Waals surface area contributed by atoms with Crippen molar-refractivity contribution in [1.82, 2.24) is 9.88 Å². The van der Waals surface area contributed by atoms with E-state index in [9.17, 15) is 0 Å². The van der Waals surface area contributed by atoms with Gasteiger partial charge >= 0.3 is 0 Å². The molecule has 0 radical (unpaired) electrons. The highest BCUT2D eigenvalue weighted by molar-refractivity contribution is 6.29. The van der Waals surface area contributed by atoms with Gasteiger partial charge in [0.1, 0.15) is 5.15 Å². The number of aliphatic hydroxyl groups excluding tert-OH is 1. The molecule has 4 heteroatoms. The lowest BCUT2D eigenvalue weighted by molar-refractivity contribution is 0.190. The van der Waals surface area contributed by atoms with Crippen molar-refractivity contribution in [3.05, 3.63) is 29.0 Å². The van der Waals surface area contributed by atoms with Crippen LogP contribution in [0.3, 0.4) is 0 Å². The number of hydrogen-bond donors (Lipinski definition) is 1. The van der Waals surface area contributed by atoms with E-state index in [0.29, 0.717) is 11.7 Å². The van der Waals surface area contributed by atoms with E-state index < -0.39 is 0 Å². The molecule has 1 heterocycles. The Labute approximate surface area is 95.7 Å². The Kier molecular flexibility index (Phi) is 5.61. The van der Waals surface area contributed by atoms with Crippen molar-refractivity contribution in [3.8, 4) is 0 Å². The quantitative estimate of drug-likeness (QED) is 0.756. The number of hydrogen-bond acceptors (Lipinski definition) is 3. The molecule has 1 aromatic heterocycles. The molecule has 1 rings (SSSR count). The van der Waals surface area contributed by atoms with E-state index in [4.69, 9.17) is 16.7 Å². The number of nitrogens with zero attached hydrogens (tertiary/aromatic N) is 2. The summed E-state index contributed by atoms with van der Waals surface area (Å²) in [5.41, 5.74) is 1.14. The van der Waals surface area contributed by atoms with Crippen LogP contribution in [0.4, 0.5) is 0 Å². The highest BCUT2D eigenvalue weighted by atomic mass is 35.5. The van der Waals surface area contributed by atoms with Gasteiger partial charge < -0.3 is 5.11 Å². The molecule has 0 bridgehead atoms. The first kappa shape index (κ1) is 12.4. The molecule has 0 saturated heterocycles. The van der Waals surface area contributed by atoms with Crippen molar-refractivity contribution in [2.24, 2.45) is 0 Å². The van der Waals surface area contributed by atoms with Crippen molar-refractivity contribution in [2.45, 2.75) is 19.9 Å². The standard InChI is InChI=1S/C11H17ClN2O/c1-2-5-14(6-7-15)9-10-3-4-13-11(12)8-10/h3-4,8,15H,2,5-7,9H2,1H3. The van der Waals surface area contributed by atoms with Crippen LogP contribution in [0.1, 0.15) is 18.9 Å². The Morgan fingerprint density at radius 2 is 2.27 bits per heavy atom. The van der Waals surface area contributed by atoms with Crippen LogP contribution in [0, 0.1) is 0 Å². The van der Waals surface area contributed by atoms with Gasteiger partial charge in [-0.2, -0.15) is 0 Å². The number of aromatic nitrogens is 1. The summed E-state index contributed by atoms with van der Waals surface area (Å²) < 4.78 is 0. The molecule has 0 amide bonds. The van der Waals surface area contributed by atoms with E-state index >= 15 is 0 Å². The molecule has 0 atom stereocenters. The summed E-state index contributed by atoms with van der Waals surface area (Å²) in [5, 5.41) is 9.44. The Balaban J connectivity index is 2.56. The summed E-state index contributed by atoms with van der Waals surface area (Å²) in [5.74, 6) is 0. The van der Waals surface area contributed by atoms with Gasteiger partial charge in [0, 0.05) is 19.3 Å². The SMILES string of the molecule is CCCN(CCO)Cc1ccnc(Cl)c1. The molecule has 0 unspecified atom stereocenters. The first-order chi connectivity index (χ1) is 7.26. The molecular formula is C11H17ClN2O. The second kappa shape index (κ2) is 6.77. The zero-order valence-corrected chi connectivity index (χ0v) is 9.74. The maximum Gasteiger partial charge on any atom is 0.129 e. The van der Waals surface area contributed by atoms with Gasteiger partial charge in [0.2, 0.25) is 0 Å². The van der Waals surface area contributed by atoms with Gasteiger partial charge in [0.15, 0.2) is 0 Å². The topological polar surface area (TPSA) is 36.4 Å². The predicted molar refractivity (Wildman–Crippen MR) is 61.9 cm³/mol. The van der Waals surface area contributed by atoms with Crippen molar-refractivity contribution in [2.75, 3.05) is 19.7 Å². The molecule has 15 heavy (non-hydrogen) atoms. The summed E-state index contributed by atoms with van der Waals surface area (Å²) in [6, 6.07) is 3.81. The van der Waals surface area contributed by atoms with E-state index in [1.54, 1.807) is 6.20 Å². The largest absolute Gasteiger partial charge is 0.395 e. The van der Waals surface area contributed by atoms with Crippen LogP contribution in [-0.4, -0.2) is 34.7 Å². The van der Waals surface area contributed by atoms with Gasteiger partial charge in [0.05, 0.1) is 6.61 Å². The van der Waals surface area contributed by atoms with Gasteiger partial charge in [-0.05, 0) is 30.7 Å². The molecule has 1 N–H and O–H groups in total. The molecule has 1 aromatic rings. The van der Waals surface area contributed by atoms with E-state index in [1.807, 2.05) is 12.1 Å². The molecule has 0 aliphatic rings. The minimum absolute atomic E-state index is 0.193. The van der Waals surface area contributed by atoms with Gasteiger partial charge in [-0.3, -0.25) is 4.90 Å². The van der Waals surface area contributed by atoms with E-state index in [1.165, 1.54) is 0 Å². The highest BCUT2D eigenvalue weighted by Crippen LogP contribution is 2.09. The number of aliphatic hydroxyl groups is 1. The minimum Gasteiger partial charge on any atom is -0.395 e. The number of halogens is 1. The molecule has 84 valence electrons. The zero-order valence-electron chi connectivity index (χ0n) is 8.99. The molecule has 0 aliphatic heterocycles. The second-order valence-electron chi connectivity index (χ2n) is 3.49. The van der Waals surface area contributed by atoms with E-state index in [-0.39, 0.29) is 6.61 Å². The molecule has 3 nitrogen and oxygen atoms in total. The van der Waals surface area contributed by atoms with Crippen molar-refractivity contribution in [1.29, 1.82) is 0 Å². The lowest BCUT2D eigenvalue weighted by atomic mass is 10.2. The Morgan fingerprint density at radius 3 is 2.87 bits per heavy atom. The fraction of sp³-hybridized carbons (Fsp3) is 0.545. The molecular weight excluding hydrogens is 212 g/mol. The summed E-state index contributed by atoms with van der Waals surface area (Å²) in [7, 11) is 0. The number of pyridine rings is 1. The Bertz CT molecular complexity index is 288. The fourth-order valence-electron chi connectivity index (χ4n) is 1.53. The average Bonchev–Trinajstić information content (AvgIpc) is 2.18. The smallest absolute Gasteiger partial charge is 0.129 e. The lowest BCUT2D eigenvalue weighted by Crippen LogP contribution is -2.27. The summed E-state index contributed by atoms with van der Waals surface area (Å²) in [6.07, 6.45) is 2.79. The monoisotopic (exact) mass is 228 g/mol. The van der Waals surface area contributed by atoms with E-state index in [0.717, 1.165) is 25.1 Å². The van der Waals surface area contributed by atoms with Gasteiger partial charge in [-0.25, -0.2) is 4.98 Å². The minimum atomic E-state index is 0.193. The Morgan fingerprint density at radius 1 is 1.47 bits per heavy atom. The first-order valence-corrected chi connectivity index (χ1v) is 5.57. The Hall–Kier alpha value is -0.640. The summed E-state index contributed by atoms with van der Waals surface area (Å²) in [6.45, 7) is 4.83. The van der Waals surface area contributed by atoms with Crippen LogP contribution in [0.15, 0.2) is 18.3 Å². The lowest BCUT2D eigenvalue weighted by Gasteiger charge is -2.20. The van der Waals surface area contributed by atoms with E-state index in [2.05, 4.69) is 16.8 Å². The van der Waals surface area contributed by atoms with Gasteiger partial charge in [-0.15, -0.1) is 0 Å². The molecule has 0 aliphatic carbocycles. The average molecular weight is 229 g/mol. The van der Waals surface area contributed by atoms with Crippen LogP contribution < -0.4 is 0 Å². The molecule has 0 spiro atoms. The molecule has 0 aromatic carbocycles. The first-order valence-electron chi connectivity index (χ1n) is 5.20. The normalized spacial score (nSPS) is 10.9. The summed E-state index contributed by atoms with van der Waals surface area (Å²) >= 11 is 5.80. The zero-order chi connectivity index (χ0) is 11.1. The van der Waals surface area contributed by atoms with Gasteiger partial charge in [0.25, 0.3) is 0 Å². The van der Waals surface area contributed by atoms with Crippen LogP contribution in [0.25, 0.3) is 0 Å². The summed E-state index contributed by atoms with van der Waals surface area (Å²) in [4.78, 5) is 6.14. The van der Waals surface area contributed by atoms with Crippen LogP contribution in [0.5, 0.6) is 0 Å². The fourth-order valence-corrected chi connectivity index (χ4v) is 1.72. The molecule has 0 fully saturated rings. The third kappa shape index (κ3) is 4.60. The van der Waals surface area contributed by atoms with Crippen LogP contribution >= 0.6 is 11.6 Å². The third-order valence-electron chi connectivity index (χ3n) is 2.15. The van der Waals surface area contributed by atoms with Crippen LogP contribution in [0.2, 0.25) is 5.15 Å². The maximum atomic E-state index is 8.92. The number of rotatable bonds is 6. The van der Waals surface area contributed by atoms with Gasteiger partial charge in [-0.1, -0.05) is 18.5 Å². The maximum absolute atomic E-state index is 8.92. The highest BCUT2D eigenvalue weighted by Gasteiger charge is 2.04. The van der Waals surface area contributed by atoms with Crippen molar-refractivity contribution >= 4 is 11.6 Å². The predicted octanol–water partition coefficient (Wildman–Crippen LogP) is 1.94. The van der Waals surface area contributed by atoms with Crippen molar-refractivity contribution in [3.63, 3.8) is 0 Å². The molecule has 0 saturated carbocycles. The van der Waals surface area contributed by atoms with Crippen molar-refractivity contribution < 1.29 is 5.11 Å². The van der Waals surface area contributed by atoms with Crippen LogP contribution in [-0.2, 0) is 6.54 Å².